The number of benzene rings is 1. The monoisotopic (exact) mass is 397 g/mol. The van der Waals surface area contributed by atoms with Crippen LogP contribution in [0.2, 0.25) is 0 Å². The van der Waals surface area contributed by atoms with Crippen molar-refractivity contribution >= 4 is 34.3 Å². The molecule has 1 heterocycles. The molecule has 0 atom stereocenters. The zero-order chi connectivity index (χ0) is 20.7. The van der Waals surface area contributed by atoms with Gasteiger partial charge in [-0.05, 0) is 17.7 Å². The average molecular weight is 397 g/mol. The van der Waals surface area contributed by atoms with Gasteiger partial charge in [0.05, 0.1) is 23.3 Å². The maximum Gasteiger partial charge on any atom is 0.255 e. The molecule has 0 saturated heterocycles. The third-order valence-electron chi connectivity index (χ3n) is 3.86. The maximum absolute atomic E-state index is 12.7. The Morgan fingerprint density at radius 1 is 1.25 bits per heavy atom. The van der Waals surface area contributed by atoms with Gasteiger partial charge in [-0.2, -0.15) is 0 Å². The highest BCUT2D eigenvalue weighted by Gasteiger charge is 2.18. The van der Waals surface area contributed by atoms with Crippen LogP contribution in [0.1, 0.15) is 22.3 Å². The van der Waals surface area contributed by atoms with Crippen LogP contribution in [0.4, 0.5) is 23.2 Å². The van der Waals surface area contributed by atoms with E-state index in [1.165, 1.54) is 12.4 Å². The van der Waals surface area contributed by atoms with Crippen molar-refractivity contribution in [2.24, 2.45) is 5.73 Å². The molecule has 0 aliphatic heterocycles. The van der Waals surface area contributed by atoms with Gasteiger partial charge in [0.1, 0.15) is 0 Å². The molecule has 1 amide bonds. The molecule has 0 unspecified atom stereocenters. The molecule has 2 aromatic rings. The van der Waals surface area contributed by atoms with E-state index in [1.54, 1.807) is 18.2 Å². The van der Waals surface area contributed by atoms with E-state index in [0.717, 1.165) is 6.21 Å². The van der Waals surface area contributed by atoms with Crippen LogP contribution in [-0.2, 0) is 0 Å². The Balaban J connectivity index is 2.51. The lowest BCUT2D eigenvalue weighted by atomic mass is 10.0. The van der Waals surface area contributed by atoms with E-state index in [1.807, 2.05) is 0 Å². The van der Waals surface area contributed by atoms with E-state index in [2.05, 4.69) is 15.6 Å². The van der Waals surface area contributed by atoms with E-state index in [9.17, 15) is 22.4 Å². The van der Waals surface area contributed by atoms with E-state index in [-0.39, 0.29) is 17.8 Å². The normalized spacial score (nSPS) is 11.9. The highest BCUT2D eigenvalue weighted by Crippen LogP contribution is 2.29. The first-order valence-electron chi connectivity index (χ1n) is 8.31. The maximum atomic E-state index is 12.7. The van der Waals surface area contributed by atoms with Gasteiger partial charge in [-0.15, -0.1) is 0 Å². The molecule has 0 aliphatic carbocycles. The second-order valence-corrected chi connectivity index (χ2v) is 5.75. The molecule has 1 aromatic carbocycles. The number of carbonyl (C=O) groups is 1. The number of allylic oxidation sites excluding steroid dienone is 1. The topological polar surface area (TPSA) is 104 Å². The minimum absolute atomic E-state index is 0.0484. The van der Waals surface area contributed by atoms with Crippen molar-refractivity contribution in [3.63, 3.8) is 0 Å². The molecule has 0 fully saturated rings. The summed E-state index contributed by atoms with van der Waals surface area (Å²) in [5.41, 5.74) is 6.87. The van der Waals surface area contributed by atoms with E-state index < -0.39 is 31.7 Å². The summed E-state index contributed by atoms with van der Waals surface area (Å²) in [6.45, 7) is -0.985. The number of hydrogen-bond acceptors (Lipinski definition) is 5. The second kappa shape index (κ2) is 9.67. The number of aromatic nitrogens is 1. The number of rotatable bonds is 9. The van der Waals surface area contributed by atoms with Crippen molar-refractivity contribution in [1.29, 1.82) is 5.41 Å². The Morgan fingerprint density at radius 3 is 2.61 bits per heavy atom. The molecule has 0 aliphatic rings. The van der Waals surface area contributed by atoms with Gasteiger partial charge < -0.3 is 21.8 Å². The lowest BCUT2D eigenvalue weighted by molar-refractivity contribution is 0.0934. The van der Waals surface area contributed by atoms with Crippen molar-refractivity contribution in [1.82, 2.24) is 10.3 Å². The van der Waals surface area contributed by atoms with Gasteiger partial charge in [-0.25, -0.2) is 17.6 Å². The van der Waals surface area contributed by atoms with E-state index in [4.69, 9.17) is 11.1 Å². The number of amides is 1. The van der Waals surface area contributed by atoms with Crippen LogP contribution in [0.3, 0.4) is 0 Å². The summed E-state index contributed by atoms with van der Waals surface area (Å²) in [7, 11) is 0. The van der Waals surface area contributed by atoms with E-state index in [0.29, 0.717) is 22.0 Å². The Bertz CT molecular complexity index is 886. The number of alkyl halides is 4. The lowest BCUT2D eigenvalue weighted by Crippen LogP contribution is -2.27. The predicted molar refractivity (Wildman–Crippen MR) is 100 cm³/mol. The summed E-state index contributed by atoms with van der Waals surface area (Å²) >= 11 is 0. The summed E-state index contributed by atoms with van der Waals surface area (Å²) < 4.78 is 50.0. The first-order chi connectivity index (χ1) is 13.4. The molecule has 0 saturated carbocycles. The van der Waals surface area contributed by atoms with Gasteiger partial charge in [0, 0.05) is 42.5 Å². The molecule has 5 N–H and O–H groups in total. The Morgan fingerprint density at radius 2 is 2.00 bits per heavy atom. The Hall–Kier alpha value is -3.17. The molecule has 10 heteroatoms. The van der Waals surface area contributed by atoms with Gasteiger partial charge >= 0.3 is 0 Å². The first kappa shape index (κ1) is 21.1. The summed E-state index contributed by atoms with van der Waals surface area (Å²) in [5.74, 6) is -0.709. The Kier molecular flexibility index (Phi) is 7.30. The van der Waals surface area contributed by atoms with Gasteiger partial charge in [0.2, 0.25) is 6.43 Å². The Labute approximate surface area is 158 Å². The number of anilines is 1. The van der Waals surface area contributed by atoms with Crippen LogP contribution >= 0.6 is 0 Å². The number of hydrogen-bond donors (Lipinski definition) is 4. The van der Waals surface area contributed by atoms with Crippen molar-refractivity contribution in [3.05, 3.63) is 41.7 Å². The first-order valence-corrected chi connectivity index (χ1v) is 8.31. The molecular formula is C18H19F4N5O. The van der Waals surface area contributed by atoms with Crippen molar-refractivity contribution in [3.8, 4) is 0 Å². The molecule has 0 radical (unpaired) electrons. The number of carbonyl (C=O) groups excluding carboxylic acids is 1. The van der Waals surface area contributed by atoms with Crippen molar-refractivity contribution in [2.75, 3.05) is 18.4 Å². The molecule has 2 rings (SSSR count). The number of halogens is 4. The molecule has 0 bridgehead atoms. The zero-order valence-corrected chi connectivity index (χ0v) is 14.7. The third-order valence-corrected chi connectivity index (χ3v) is 3.86. The smallest absolute Gasteiger partial charge is 0.255 e. The molecule has 0 spiro atoms. The van der Waals surface area contributed by atoms with Crippen LogP contribution in [0, 0.1) is 5.41 Å². The molecule has 6 nitrogen and oxygen atoms in total. The van der Waals surface area contributed by atoms with Crippen molar-refractivity contribution < 1.29 is 22.4 Å². The van der Waals surface area contributed by atoms with Crippen LogP contribution in [-0.4, -0.2) is 43.0 Å². The average Bonchev–Trinajstić information content (AvgIpc) is 2.66. The van der Waals surface area contributed by atoms with Gasteiger partial charge in [-0.1, -0.05) is 6.07 Å². The van der Waals surface area contributed by atoms with E-state index >= 15 is 0 Å². The number of pyridine rings is 1. The fourth-order valence-electron chi connectivity index (χ4n) is 2.53. The number of fused-ring (bicyclic) bond motifs is 1. The van der Waals surface area contributed by atoms with Gasteiger partial charge in [0.15, 0.2) is 0 Å². The third kappa shape index (κ3) is 5.18. The highest BCUT2D eigenvalue weighted by molar-refractivity contribution is 6.11. The minimum Gasteiger partial charge on any atom is -0.404 e. The lowest BCUT2D eigenvalue weighted by Gasteiger charge is -2.15. The summed E-state index contributed by atoms with van der Waals surface area (Å²) in [6, 6.07) is 4.82. The summed E-state index contributed by atoms with van der Waals surface area (Å²) in [4.78, 5) is 16.5. The SMILES string of the molecule is N=C/C(=C\N)c1ccc2ncc(C(=O)NCCC(F)F)c(NCC(F)F)c2c1. The second-order valence-electron chi connectivity index (χ2n) is 5.75. The predicted octanol–water partition coefficient (Wildman–Crippen LogP) is 3.25. The molecule has 150 valence electrons. The summed E-state index contributed by atoms with van der Waals surface area (Å²) in [6.07, 6.45) is -2.33. The molecule has 28 heavy (non-hydrogen) atoms. The number of nitrogens with one attached hydrogen (secondary N) is 3. The highest BCUT2D eigenvalue weighted by atomic mass is 19.3. The van der Waals surface area contributed by atoms with Crippen LogP contribution in [0.15, 0.2) is 30.6 Å². The van der Waals surface area contributed by atoms with Gasteiger partial charge in [-0.3, -0.25) is 9.78 Å². The number of nitrogens with two attached hydrogens (primary N) is 1. The standard InChI is InChI=1S/C18H19F4N5O/c19-15(20)3-4-25-18(28)13-8-26-14-2-1-10(11(6-23)7-24)5-12(14)17(13)27-9-16(21)22/h1-2,5-8,15-16,23H,3-4,9,24H2,(H,25,28)(H,26,27)/b11-7+,23-6?. The molecule has 1 aromatic heterocycles. The van der Waals surface area contributed by atoms with Crippen LogP contribution in [0.5, 0.6) is 0 Å². The fraction of sp³-hybridized carbons (Fsp3) is 0.278. The van der Waals surface area contributed by atoms with Crippen LogP contribution in [0.25, 0.3) is 16.5 Å². The number of nitrogens with zero attached hydrogens (tertiary/aromatic N) is 1. The fourth-order valence-corrected chi connectivity index (χ4v) is 2.53. The summed E-state index contributed by atoms with van der Waals surface area (Å²) in [5, 5.41) is 12.6. The van der Waals surface area contributed by atoms with Crippen molar-refractivity contribution in [2.45, 2.75) is 19.3 Å². The quantitative estimate of drug-likeness (QED) is 0.385. The zero-order valence-electron chi connectivity index (χ0n) is 14.7. The molecular weight excluding hydrogens is 378 g/mol. The van der Waals surface area contributed by atoms with Crippen LogP contribution < -0.4 is 16.4 Å². The van der Waals surface area contributed by atoms with Gasteiger partial charge in [0.25, 0.3) is 12.3 Å². The minimum atomic E-state index is -2.68. The largest absolute Gasteiger partial charge is 0.404 e.